The third-order valence-corrected chi connectivity index (χ3v) is 5.66. The molecule has 1 atom stereocenters. The van der Waals surface area contributed by atoms with Gasteiger partial charge in [-0.2, -0.15) is 0 Å². The van der Waals surface area contributed by atoms with Gasteiger partial charge in [0.25, 0.3) is 0 Å². The van der Waals surface area contributed by atoms with Gasteiger partial charge in [0.1, 0.15) is 5.82 Å². The molecule has 0 saturated heterocycles. The quantitative estimate of drug-likeness (QED) is 0.576. The van der Waals surface area contributed by atoms with E-state index >= 15 is 0 Å². The van der Waals surface area contributed by atoms with Crippen LogP contribution in [-0.4, -0.2) is 29.0 Å². The van der Waals surface area contributed by atoms with Gasteiger partial charge < -0.3 is 5.11 Å². The van der Waals surface area contributed by atoms with Crippen LogP contribution < -0.4 is 4.90 Å². The van der Waals surface area contributed by atoms with Crippen molar-refractivity contribution in [2.24, 2.45) is 5.92 Å². The minimum Gasteiger partial charge on any atom is -0.481 e. The molecule has 1 amide bonds. The second-order valence-electron chi connectivity index (χ2n) is 6.52. The van der Waals surface area contributed by atoms with Gasteiger partial charge in [-0.05, 0) is 30.2 Å². The highest BCUT2D eigenvalue weighted by Gasteiger charge is 2.27. The van der Waals surface area contributed by atoms with Crippen molar-refractivity contribution in [3.63, 3.8) is 0 Å². The maximum Gasteiger partial charge on any atom is 0.304 e. The van der Waals surface area contributed by atoms with E-state index in [1.54, 1.807) is 12.4 Å². The van der Waals surface area contributed by atoms with Crippen LogP contribution in [0.1, 0.15) is 12.0 Å². The Morgan fingerprint density at radius 2 is 1.97 bits per heavy atom. The predicted octanol–water partition coefficient (Wildman–Crippen LogP) is 4.90. The number of hydrogen-bond acceptors (Lipinski definition) is 4. The van der Waals surface area contributed by atoms with Crippen LogP contribution in [0.2, 0.25) is 5.02 Å². The summed E-state index contributed by atoms with van der Waals surface area (Å²) in [6.45, 7) is 0. The standard InChI is InChI=1S/C21H18ClFN2O3S/c1-25(20(28)14(10-19(26)27)9-13-5-3-2-4-6-13)21-24-18(12-29-21)16-11-15(23)7-8-17(16)22/h2-8,11-12,14H,9-10H2,1H3,(H,26,27)/t14-/m1/s1. The van der Waals surface area contributed by atoms with Crippen LogP contribution >= 0.6 is 22.9 Å². The van der Waals surface area contributed by atoms with Gasteiger partial charge in [0.05, 0.1) is 23.1 Å². The van der Waals surface area contributed by atoms with E-state index in [1.165, 1.54) is 34.4 Å². The Hall–Kier alpha value is -2.77. The van der Waals surface area contributed by atoms with Crippen LogP contribution in [0.4, 0.5) is 9.52 Å². The molecule has 1 heterocycles. The Labute approximate surface area is 176 Å². The highest BCUT2D eigenvalue weighted by Crippen LogP contribution is 2.33. The number of carbonyl (C=O) groups is 2. The highest BCUT2D eigenvalue weighted by atomic mass is 35.5. The topological polar surface area (TPSA) is 70.5 Å². The number of carbonyl (C=O) groups excluding carboxylic acids is 1. The minimum atomic E-state index is -1.04. The van der Waals surface area contributed by atoms with Gasteiger partial charge in [0, 0.05) is 18.0 Å². The largest absolute Gasteiger partial charge is 0.481 e. The number of amides is 1. The molecule has 1 N–H and O–H groups in total. The second kappa shape index (κ2) is 9.15. The summed E-state index contributed by atoms with van der Waals surface area (Å²) < 4.78 is 13.6. The molecule has 0 aliphatic carbocycles. The number of carboxylic acids is 1. The van der Waals surface area contributed by atoms with Crippen molar-refractivity contribution >= 4 is 39.9 Å². The summed E-state index contributed by atoms with van der Waals surface area (Å²) in [5, 5.41) is 11.7. The second-order valence-corrected chi connectivity index (χ2v) is 7.77. The summed E-state index contributed by atoms with van der Waals surface area (Å²) in [4.78, 5) is 30.0. The Morgan fingerprint density at radius 3 is 2.66 bits per heavy atom. The lowest BCUT2D eigenvalue weighted by Crippen LogP contribution is -2.35. The van der Waals surface area contributed by atoms with Gasteiger partial charge in [-0.1, -0.05) is 41.9 Å². The van der Waals surface area contributed by atoms with E-state index in [2.05, 4.69) is 4.98 Å². The van der Waals surface area contributed by atoms with Crippen LogP contribution in [0.25, 0.3) is 11.3 Å². The number of aromatic nitrogens is 1. The smallest absolute Gasteiger partial charge is 0.304 e. The number of nitrogens with zero attached hydrogens (tertiary/aromatic N) is 2. The molecule has 2 aromatic carbocycles. The van der Waals surface area contributed by atoms with Crippen molar-refractivity contribution < 1.29 is 19.1 Å². The average molecular weight is 433 g/mol. The maximum absolute atomic E-state index is 13.6. The first kappa shape index (κ1) is 21.0. The van der Waals surface area contributed by atoms with E-state index in [1.807, 2.05) is 30.3 Å². The molecule has 0 fully saturated rings. The molecule has 3 rings (SSSR count). The molecular weight excluding hydrogens is 415 g/mol. The number of hydrogen-bond donors (Lipinski definition) is 1. The number of thiazole rings is 1. The third-order valence-electron chi connectivity index (χ3n) is 4.41. The molecule has 8 heteroatoms. The van der Waals surface area contributed by atoms with Crippen LogP contribution in [-0.2, 0) is 16.0 Å². The first-order valence-electron chi connectivity index (χ1n) is 8.79. The third kappa shape index (κ3) is 5.19. The number of carboxylic acid groups (broad SMARTS) is 1. The molecule has 0 aliphatic rings. The van der Waals surface area contributed by atoms with Gasteiger partial charge in [0.2, 0.25) is 5.91 Å². The van der Waals surface area contributed by atoms with E-state index in [9.17, 15) is 19.1 Å². The van der Waals surface area contributed by atoms with E-state index in [-0.39, 0.29) is 12.3 Å². The summed E-state index contributed by atoms with van der Waals surface area (Å²) in [5.41, 5.74) is 1.76. The molecule has 0 aliphatic heterocycles. The van der Waals surface area contributed by atoms with E-state index in [0.29, 0.717) is 27.8 Å². The van der Waals surface area contributed by atoms with Crippen molar-refractivity contribution in [1.29, 1.82) is 0 Å². The van der Waals surface area contributed by atoms with Gasteiger partial charge in [-0.15, -0.1) is 11.3 Å². The number of benzene rings is 2. The normalized spacial score (nSPS) is 11.8. The molecule has 1 aromatic heterocycles. The lowest BCUT2D eigenvalue weighted by molar-refractivity contribution is -0.140. The van der Waals surface area contributed by atoms with E-state index in [0.717, 1.165) is 5.56 Å². The monoisotopic (exact) mass is 432 g/mol. The van der Waals surface area contributed by atoms with Crippen molar-refractivity contribution in [1.82, 2.24) is 4.98 Å². The first-order valence-corrected chi connectivity index (χ1v) is 10.0. The SMILES string of the molecule is CN(C(=O)[C@@H](CC(=O)O)Cc1ccccc1)c1nc(-c2cc(F)ccc2Cl)cs1. The number of aliphatic carboxylic acids is 1. The van der Waals surface area contributed by atoms with Crippen LogP contribution in [0, 0.1) is 11.7 Å². The van der Waals surface area contributed by atoms with Crippen LogP contribution in [0.5, 0.6) is 0 Å². The fourth-order valence-electron chi connectivity index (χ4n) is 2.96. The summed E-state index contributed by atoms with van der Waals surface area (Å²) in [7, 11) is 1.55. The Kier molecular flexibility index (Phi) is 6.61. The predicted molar refractivity (Wildman–Crippen MR) is 112 cm³/mol. The lowest BCUT2D eigenvalue weighted by Gasteiger charge is -2.21. The van der Waals surface area contributed by atoms with Crippen molar-refractivity contribution in [2.45, 2.75) is 12.8 Å². The zero-order valence-electron chi connectivity index (χ0n) is 15.5. The van der Waals surface area contributed by atoms with Gasteiger partial charge in [-0.25, -0.2) is 9.37 Å². The molecule has 29 heavy (non-hydrogen) atoms. The Balaban J connectivity index is 1.83. The number of halogens is 2. The fourth-order valence-corrected chi connectivity index (χ4v) is 3.97. The molecule has 5 nitrogen and oxygen atoms in total. The molecule has 150 valence electrons. The number of anilines is 1. The maximum atomic E-state index is 13.6. The summed E-state index contributed by atoms with van der Waals surface area (Å²) >= 11 is 7.34. The van der Waals surface area contributed by atoms with Crippen molar-refractivity contribution in [3.8, 4) is 11.3 Å². The van der Waals surface area contributed by atoms with Gasteiger partial charge in [-0.3, -0.25) is 14.5 Å². The van der Waals surface area contributed by atoms with Crippen molar-refractivity contribution in [3.05, 3.63) is 70.3 Å². The Morgan fingerprint density at radius 1 is 1.24 bits per heavy atom. The average Bonchev–Trinajstić information content (AvgIpc) is 3.18. The lowest BCUT2D eigenvalue weighted by atomic mass is 9.95. The number of rotatable bonds is 7. The fraction of sp³-hybridized carbons (Fsp3) is 0.190. The van der Waals surface area contributed by atoms with Gasteiger partial charge >= 0.3 is 5.97 Å². The minimum absolute atomic E-state index is 0.286. The molecule has 0 radical (unpaired) electrons. The first-order chi connectivity index (χ1) is 13.8. The molecular formula is C21H18ClFN2O3S. The van der Waals surface area contributed by atoms with E-state index in [4.69, 9.17) is 11.6 Å². The zero-order chi connectivity index (χ0) is 21.0. The molecule has 0 bridgehead atoms. The zero-order valence-corrected chi connectivity index (χ0v) is 17.1. The van der Waals surface area contributed by atoms with E-state index < -0.39 is 17.7 Å². The molecule has 0 unspecified atom stereocenters. The van der Waals surface area contributed by atoms with Gasteiger partial charge in [0.15, 0.2) is 5.13 Å². The summed E-state index contributed by atoms with van der Waals surface area (Å²) in [5.74, 6) is -2.56. The molecule has 0 saturated carbocycles. The molecule has 3 aromatic rings. The summed E-state index contributed by atoms with van der Waals surface area (Å²) in [6.07, 6.45) is 0.0241. The summed E-state index contributed by atoms with van der Waals surface area (Å²) in [6, 6.07) is 13.3. The Bertz CT molecular complexity index is 1030. The van der Waals surface area contributed by atoms with Crippen molar-refractivity contribution in [2.75, 3.05) is 11.9 Å². The molecule has 0 spiro atoms. The highest BCUT2D eigenvalue weighted by molar-refractivity contribution is 7.14. The van der Waals surface area contributed by atoms with Crippen LogP contribution in [0.15, 0.2) is 53.9 Å². The van der Waals surface area contributed by atoms with Crippen LogP contribution in [0.3, 0.4) is 0 Å².